The maximum absolute atomic E-state index is 11.7. The number of rotatable bonds is 9. The lowest BCUT2D eigenvalue weighted by Crippen LogP contribution is -2.41. The molecular formula is C15H22N2OS. The maximum atomic E-state index is 11.7. The van der Waals surface area contributed by atoms with Crippen molar-refractivity contribution in [2.24, 2.45) is 5.73 Å². The summed E-state index contributed by atoms with van der Waals surface area (Å²) in [6.07, 6.45) is 3.37. The number of amides is 1. The van der Waals surface area contributed by atoms with Crippen LogP contribution in [0.2, 0.25) is 0 Å². The molecule has 4 heteroatoms. The Kier molecular flexibility index (Phi) is 8.02. The van der Waals surface area contributed by atoms with Gasteiger partial charge in [-0.25, -0.2) is 0 Å². The van der Waals surface area contributed by atoms with Crippen LogP contribution in [0.4, 0.5) is 0 Å². The molecule has 0 radical (unpaired) electrons. The molecular weight excluding hydrogens is 256 g/mol. The fourth-order valence-electron chi connectivity index (χ4n) is 1.64. The Hall–Kier alpha value is -1.26. The van der Waals surface area contributed by atoms with Crippen molar-refractivity contribution in [2.45, 2.75) is 18.9 Å². The second-order valence-corrected chi connectivity index (χ2v) is 5.44. The van der Waals surface area contributed by atoms with Crippen molar-refractivity contribution in [3.63, 3.8) is 0 Å². The summed E-state index contributed by atoms with van der Waals surface area (Å²) in [5.41, 5.74) is 7.09. The molecule has 0 unspecified atom stereocenters. The topological polar surface area (TPSA) is 55.1 Å². The van der Waals surface area contributed by atoms with Gasteiger partial charge in [0.15, 0.2) is 0 Å². The van der Waals surface area contributed by atoms with Gasteiger partial charge in [0.1, 0.15) is 0 Å². The van der Waals surface area contributed by atoms with Gasteiger partial charge in [-0.05, 0) is 18.4 Å². The predicted octanol–water partition coefficient (Wildman–Crippen LogP) is 1.98. The molecule has 3 N–H and O–H groups in total. The fraction of sp³-hybridized carbons (Fsp3) is 0.400. The molecule has 0 aliphatic carbocycles. The number of hydrogen-bond acceptors (Lipinski definition) is 3. The number of hydrogen-bond donors (Lipinski definition) is 2. The monoisotopic (exact) mass is 278 g/mol. The van der Waals surface area contributed by atoms with Crippen molar-refractivity contribution < 1.29 is 4.79 Å². The summed E-state index contributed by atoms with van der Waals surface area (Å²) in [4.78, 5) is 11.7. The number of nitrogens with two attached hydrogens (primary N) is 1. The van der Waals surface area contributed by atoms with E-state index in [0.29, 0.717) is 13.0 Å². The van der Waals surface area contributed by atoms with E-state index in [9.17, 15) is 4.79 Å². The molecule has 0 aliphatic rings. The van der Waals surface area contributed by atoms with Crippen LogP contribution in [0, 0.1) is 0 Å². The molecule has 0 aromatic heterocycles. The van der Waals surface area contributed by atoms with Gasteiger partial charge >= 0.3 is 0 Å². The minimum absolute atomic E-state index is 0.0601. The Morgan fingerprint density at radius 3 is 2.84 bits per heavy atom. The molecule has 1 rings (SSSR count). The third-order valence-corrected chi connectivity index (χ3v) is 3.67. The number of carbonyl (C=O) groups is 1. The molecule has 0 heterocycles. The van der Waals surface area contributed by atoms with Gasteiger partial charge in [0.25, 0.3) is 0 Å². The standard InChI is InChI=1S/C15H22N2OS/c1-2-11-19-12-10-17-15(18)14(16)9-8-13-6-4-3-5-7-13/h2-7,14H,1,8-12,16H2,(H,17,18)/t14-/m0/s1. The van der Waals surface area contributed by atoms with Crippen LogP contribution in [0.5, 0.6) is 0 Å². The summed E-state index contributed by atoms with van der Waals surface area (Å²) >= 11 is 1.74. The molecule has 0 aliphatic heterocycles. The van der Waals surface area contributed by atoms with Crippen molar-refractivity contribution in [1.82, 2.24) is 5.32 Å². The number of nitrogens with one attached hydrogen (secondary N) is 1. The zero-order valence-corrected chi connectivity index (χ0v) is 12.0. The van der Waals surface area contributed by atoms with Crippen LogP contribution < -0.4 is 11.1 Å². The van der Waals surface area contributed by atoms with Gasteiger partial charge in [-0.15, -0.1) is 6.58 Å². The quantitative estimate of drug-likeness (QED) is 0.536. The summed E-state index contributed by atoms with van der Waals surface area (Å²) in [6.45, 7) is 4.31. The van der Waals surface area contributed by atoms with Crippen LogP contribution in [0.15, 0.2) is 43.0 Å². The van der Waals surface area contributed by atoms with E-state index >= 15 is 0 Å². The molecule has 19 heavy (non-hydrogen) atoms. The SMILES string of the molecule is C=CCSCCNC(=O)[C@@H](N)CCc1ccccc1. The van der Waals surface area contributed by atoms with Crippen molar-refractivity contribution in [3.8, 4) is 0 Å². The number of carbonyl (C=O) groups excluding carboxylic acids is 1. The second-order valence-electron chi connectivity index (χ2n) is 4.29. The van der Waals surface area contributed by atoms with Gasteiger partial charge in [0.05, 0.1) is 6.04 Å². The highest BCUT2D eigenvalue weighted by molar-refractivity contribution is 7.99. The van der Waals surface area contributed by atoms with Gasteiger partial charge in [-0.2, -0.15) is 11.8 Å². The Bertz CT molecular complexity index is 381. The van der Waals surface area contributed by atoms with Gasteiger partial charge in [0, 0.05) is 18.1 Å². The largest absolute Gasteiger partial charge is 0.354 e. The molecule has 3 nitrogen and oxygen atoms in total. The first-order valence-electron chi connectivity index (χ1n) is 6.50. The first-order chi connectivity index (χ1) is 9.24. The average Bonchev–Trinajstić information content (AvgIpc) is 2.45. The third kappa shape index (κ3) is 7.03. The third-order valence-electron chi connectivity index (χ3n) is 2.70. The summed E-state index contributed by atoms with van der Waals surface area (Å²) in [6, 6.07) is 9.66. The lowest BCUT2D eigenvalue weighted by atomic mass is 10.1. The number of aryl methyl sites for hydroxylation is 1. The molecule has 0 spiro atoms. The normalized spacial score (nSPS) is 11.8. The predicted molar refractivity (Wildman–Crippen MR) is 83.3 cm³/mol. The van der Waals surface area contributed by atoms with E-state index in [1.807, 2.05) is 24.3 Å². The molecule has 1 amide bonds. The number of benzene rings is 1. The Balaban J connectivity index is 2.16. The van der Waals surface area contributed by atoms with E-state index in [2.05, 4.69) is 24.0 Å². The van der Waals surface area contributed by atoms with Crippen LogP contribution in [-0.2, 0) is 11.2 Å². The van der Waals surface area contributed by atoms with E-state index in [1.165, 1.54) is 5.56 Å². The summed E-state index contributed by atoms with van der Waals surface area (Å²) in [5.74, 6) is 1.74. The van der Waals surface area contributed by atoms with Gasteiger partial charge in [0.2, 0.25) is 5.91 Å². The van der Waals surface area contributed by atoms with Crippen molar-refractivity contribution in [3.05, 3.63) is 48.6 Å². The Morgan fingerprint density at radius 2 is 2.16 bits per heavy atom. The van der Waals surface area contributed by atoms with Crippen molar-refractivity contribution in [2.75, 3.05) is 18.1 Å². The lowest BCUT2D eigenvalue weighted by Gasteiger charge is -2.12. The van der Waals surface area contributed by atoms with E-state index in [1.54, 1.807) is 11.8 Å². The molecule has 0 bridgehead atoms. The van der Waals surface area contributed by atoms with E-state index in [4.69, 9.17) is 5.73 Å². The average molecular weight is 278 g/mol. The smallest absolute Gasteiger partial charge is 0.236 e. The highest BCUT2D eigenvalue weighted by Gasteiger charge is 2.12. The second kappa shape index (κ2) is 9.64. The Labute approximate surface area is 119 Å². The highest BCUT2D eigenvalue weighted by atomic mass is 32.2. The summed E-state index contributed by atoms with van der Waals surface area (Å²) in [7, 11) is 0. The maximum Gasteiger partial charge on any atom is 0.236 e. The number of thioether (sulfide) groups is 1. The fourth-order valence-corrected chi connectivity index (χ4v) is 2.22. The lowest BCUT2D eigenvalue weighted by molar-refractivity contribution is -0.122. The molecule has 104 valence electrons. The van der Waals surface area contributed by atoms with Gasteiger partial charge < -0.3 is 11.1 Å². The molecule has 1 aromatic rings. The van der Waals surface area contributed by atoms with E-state index in [-0.39, 0.29) is 5.91 Å². The van der Waals surface area contributed by atoms with E-state index < -0.39 is 6.04 Å². The molecule has 0 fully saturated rings. The van der Waals surface area contributed by atoms with Crippen molar-refractivity contribution >= 4 is 17.7 Å². The van der Waals surface area contributed by atoms with Gasteiger partial charge in [-0.3, -0.25) is 4.79 Å². The first-order valence-corrected chi connectivity index (χ1v) is 7.65. The summed E-state index contributed by atoms with van der Waals surface area (Å²) in [5, 5.41) is 2.86. The molecule has 0 saturated heterocycles. The Morgan fingerprint density at radius 1 is 1.42 bits per heavy atom. The van der Waals surface area contributed by atoms with E-state index in [0.717, 1.165) is 17.9 Å². The van der Waals surface area contributed by atoms with Gasteiger partial charge in [-0.1, -0.05) is 36.4 Å². The molecule has 0 saturated carbocycles. The molecule has 1 atom stereocenters. The van der Waals surface area contributed by atoms with Crippen LogP contribution in [-0.4, -0.2) is 30.0 Å². The zero-order valence-electron chi connectivity index (χ0n) is 11.2. The van der Waals surface area contributed by atoms with Crippen LogP contribution in [0.25, 0.3) is 0 Å². The minimum atomic E-state index is -0.426. The van der Waals surface area contributed by atoms with Crippen LogP contribution >= 0.6 is 11.8 Å². The first kappa shape index (κ1) is 15.8. The molecule has 1 aromatic carbocycles. The highest BCUT2D eigenvalue weighted by Crippen LogP contribution is 2.04. The van der Waals surface area contributed by atoms with Crippen molar-refractivity contribution in [1.29, 1.82) is 0 Å². The minimum Gasteiger partial charge on any atom is -0.354 e. The van der Waals surface area contributed by atoms with Crippen LogP contribution in [0.3, 0.4) is 0 Å². The summed E-state index contributed by atoms with van der Waals surface area (Å²) < 4.78 is 0. The van der Waals surface area contributed by atoms with Crippen LogP contribution in [0.1, 0.15) is 12.0 Å². The zero-order chi connectivity index (χ0) is 13.9.